The normalized spacial score (nSPS) is 15.6. The van der Waals surface area contributed by atoms with Gasteiger partial charge in [-0.05, 0) is 43.3 Å². The molecule has 1 saturated heterocycles. The van der Waals surface area contributed by atoms with E-state index in [4.69, 9.17) is 22.3 Å². The zero-order valence-electron chi connectivity index (χ0n) is 21.4. The second-order valence-electron chi connectivity index (χ2n) is 9.21. The minimum absolute atomic E-state index is 0.189. The Hall–Kier alpha value is -4.44. The zero-order valence-corrected chi connectivity index (χ0v) is 22.1. The third kappa shape index (κ3) is 5.28. The molecule has 4 N–H and O–H groups in total. The number of nitrogens with zero attached hydrogens (tertiary/aromatic N) is 5. The van der Waals surface area contributed by atoms with Crippen LogP contribution in [0.1, 0.15) is 28.9 Å². The number of carbonyl (C=O) groups excluding carboxylic acids is 1. The fraction of sp³-hybridized carbons (Fsp3) is 0.214. The first-order valence-electron chi connectivity index (χ1n) is 12.5. The number of fused-ring (bicyclic) bond motifs is 1. The lowest BCUT2D eigenvalue weighted by Gasteiger charge is -2.38. The van der Waals surface area contributed by atoms with Gasteiger partial charge in [-0.2, -0.15) is 0 Å². The van der Waals surface area contributed by atoms with Crippen LogP contribution in [0.4, 0.5) is 10.1 Å². The van der Waals surface area contributed by atoms with Gasteiger partial charge < -0.3 is 25.8 Å². The minimum Gasteiger partial charge on any atom is -0.390 e. The molecule has 4 aromatic rings. The number of pyridine rings is 1. The number of hydrogen-bond acceptors (Lipinski definition) is 6. The maximum Gasteiger partial charge on any atom is 0.254 e. The summed E-state index contributed by atoms with van der Waals surface area (Å²) in [4.78, 5) is 33.2. The van der Waals surface area contributed by atoms with Crippen molar-refractivity contribution in [3.05, 3.63) is 87.7 Å². The fourth-order valence-corrected chi connectivity index (χ4v) is 5.12. The summed E-state index contributed by atoms with van der Waals surface area (Å²) in [5, 5.41) is 5.97. The van der Waals surface area contributed by atoms with Crippen LogP contribution in [-0.2, 0) is 0 Å². The van der Waals surface area contributed by atoms with Crippen LogP contribution in [0, 0.1) is 5.82 Å². The summed E-state index contributed by atoms with van der Waals surface area (Å²) in [5.74, 6) is -0.157. The lowest BCUT2D eigenvalue weighted by atomic mass is 10.0. The number of benzene rings is 2. The number of anilines is 1. The summed E-state index contributed by atoms with van der Waals surface area (Å²) in [5.41, 5.74) is 8.56. The van der Waals surface area contributed by atoms with Gasteiger partial charge in [0.15, 0.2) is 5.82 Å². The van der Waals surface area contributed by atoms with E-state index in [0.717, 1.165) is 22.2 Å². The molecular formula is C28H28ClFN8O. The lowest BCUT2D eigenvalue weighted by Crippen LogP contribution is -2.49. The van der Waals surface area contributed by atoms with Crippen molar-refractivity contribution in [1.29, 1.82) is 0 Å². The van der Waals surface area contributed by atoms with Gasteiger partial charge in [0.2, 0.25) is 0 Å². The summed E-state index contributed by atoms with van der Waals surface area (Å²) in [6.07, 6.45) is 4.49. The van der Waals surface area contributed by atoms with E-state index in [2.05, 4.69) is 31.8 Å². The van der Waals surface area contributed by atoms with Crippen LogP contribution in [0.5, 0.6) is 0 Å². The Labute approximate surface area is 229 Å². The van der Waals surface area contributed by atoms with Crippen LogP contribution in [0.15, 0.2) is 60.0 Å². The number of imidazole rings is 1. The predicted molar refractivity (Wildman–Crippen MR) is 152 cm³/mol. The summed E-state index contributed by atoms with van der Waals surface area (Å²) in [6, 6.07) is 11.2. The molecule has 11 heteroatoms. The number of hydrogen-bond donors (Lipinski definition) is 3. The fourth-order valence-electron chi connectivity index (χ4n) is 4.85. The number of aromatic nitrogens is 3. The van der Waals surface area contributed by atoms with Crippen molar-refractivity contribution in [3.8, 4) is 0 Å². The van der Waals surface area contributed by atoms with Crippen molar-refractivity contribution >= 4 is 52.8 Å². The summed E-state index contributed by atoms with van der Waals surface area (Å²) in [7, 11) is 0. The van der Waals surface area contributed by atoms with Crippen molar-refractivity contribution in [2.45, 2.75) is 13.0 Å². The molecule has 5 rings (SSSR count). The molecule has 1 amide bonds. The third-order valence-corrected chi connectivity index (χ3v) is 7.08. The first-order valence-corrected chi connectivity index (χ1v) is 12.9. The Morgan fingerprint density at radius 1 is 1.23 bits per heavy atom. The Morgan fingerprint density at radius 2 is 2.03 bits per heavy atom. The molecule has 0 spiro atoms. The summed E-state index contributed by atoms with van der Waals surface area (Å²) >= 11 is 6.73. The molecule has 3 heterocycles. The van der Waals surface area contributed by atoms with Crippen LogP contribution in [0.25, 0.3) is 23.3 Å². The zero-order chi connectivity index (χ0) is 27.5. The molecule has 0 radical (unpaired) electrons. The van der Waals surface area contributed by atoms with E-state index in [1.165, 1.54) is 18.5 Å². The highest BCUT2D eigenvalue weighted by Gasteiger charge is 2.27. The number of amides is 1. The number of H-pyrrole nitrogens is 1. The van der Waals surface area contributed by atoms with Gasteiger partial charge in [-0.3, -0.25) is 9.78 Å². The molecule has 200 valence electrons. The van der Waals surface area contributed by atoms with E-state index in [1.54, 1.807) is 29.6 Å². The largest absolute Gasteiger partial charge is 0.390 e. The Morgan fingerprint density at radius 3 is 2.72 bits per heavy atom. The van der Waals surface area contributed by atoms with E-state index in [0.29, 0.717) is 53.3 Å². The van der Waals surface area contributed by atoms with Gasteiger partial charge in [0.25, 0.3) is 5.91 Å². The minimum atomic E-state index is -0.430. The summed E-state index contributed by atoms with van der Waals surface area (Å²) < 4.78 is 13.7. The smallest absolute Gasteiger partial charge is 0.254 e. The van der Waals surface area contributed by atoms with Crippen molar-refractivity contribution in [3.63, 3.8) is 0 Å². The van der Waals surface area contributed by atoms with E-state index >= 15 is 0 Å². The highest BCUT2D eigenvalue weighted by atomic mass is 35.5. The first-order chi connectivity index (χ1) is 18.9. The monoisotopic (exact) mass is 546 g/mol. The van der Waals surface area contributed by atoms with Crippen LogP contribution >= 0.6 is 11.6 Å². The van der Waals surface area contributed by atoms with Gasteiger partial charge in [-0.1, -0.05) is 24.2 Å². The molecule has 1 aliphatic heterocycles. The van der Waals surface area contributed by atoms with Gasteiger partial charge in [0.05, 0.1) is 40.3 Å². The average Bonchev–Trinajstić information content (AvgIpc) is 3.38. The number of aromatic amines is 1. The van der Waals surface area contributed by atoms with Gasteiger partial charge in [-0.15, -0.1) is 0 Å². The standard InChI is InChI=1S/C28H28ClFN8O/c1-17(36-27(33-15-31)24-18(2)34-16-35-24)22-14-23(29)21-7-4-8-32-25(21)26(22)37-9-11-38(12-10-37)28(39)19-5-3-6-20(30)13-19/h3-8,13-17,36H,2,9-12H2,1H3,(H2,31,33)(H,34,35)/b27-24-. The van der Waals surface area contributed by atoms with Gasteiger partial charge in [0.1, 0.15) is 11.2 Å². The SMILES string of the molecule is C=c1[nH]cn/c1=C(/N=CN)NC(C)c1cc(Cl)c2cccnc2c1N1CCN(C(=O)c2cccc(F)c2)CC1. The molecular weight excluding hydrogens is 519 g/mol. The van der Waals surface area contributed by atoms with Gasteiger partial charge in [-0.25, -0.2) is 14.4 Å². The molecule has 39 heavy (non-hydrogen) atoms. The molecule has 0 aliphatic carbocycles. The quantitative estimate of drug-likeness (QED) is 0.253. The van der Waals surface area contributed by atoms with Crippen LogP contribution in [-0.4, -0.2) is 58.3 Å². The number of aliphatic imine (C=N–C) groups is 1. The maximum absolute atomic E-state index is 13.7. The molecule has 2 aromatic heterocycles. The van der Waals surface area contributed by atoms with Crippen LogP contribution < -0.4 is 26.6 Å². The van der Waals surface area contributed by atoms with Crippen LogP contribution in [0.3, 0.4) is 0 Å². The highest BCUT2D eigenvalue weighted by molar-refractivity contribution is 6.36. The average molecular weight is 547 g/mol. The molecule has 1 aliphatic rings. The second kappa shape index (κ2) is 11.1. The Kier molecular flexibility index (Phi) is 7.47. The Balaban J connectivity index is 1.49. The lowest BCUT2D eigenvalue weighted by molar-refractivity contribution is 0.0746. The second-order valence-corrected chi connectivity index (χ2v) is 9.62. The number of rotatable bonds is 6. The molecule has 2 aromatic carbocycles. The number of piperazine rings is 1. The van der Waals surface area contributed by atoms with Gasteiger partial charge in [0, 0.05) is 48.9 Å². The van der Waals surface area contributed by atoms with E-state index in [1.807, 2.05) is 25.1 Å². The third-order valence-electron chi connectivity index (χ3n) is 6.77. The first kappa shape index (κ1) is 26.2. The molecule has 0 saturated carbocycles. The highest BCUT2D eigenvalue weighted by Crippen LogP contribution is 2.38. The van der Waals surface area contributed by atoms with Gasteiger partial charge >= 0.3 is 0 Å². The molecule has 1 fully saturated rings. The van der Waals surface area contributed by atoms with E-state index in [-0.39, 0.29) is 11.9 Å². The molecule has 9 nitrogen and oxygen atoms in total. The molecule has 1 unspecified atom stereocenters. The van der Waals surface area contributed by atoms with E-state index in [9.17, 15) is 9.18 Å². The number of nitrogens with two attached hydrogens (primary N) is 1. The molecule has 1 atom stereocenters. The number of halogens is 2. The topological polar surface area (TPSA) is 116 Å². The summed E-state index contributed by atoms with van der Waals surface area (Å²) in [6.45, 7) is 8.04. The number of nitrogens with one attached hydrogen (secondary N) is 2. The number of carbonyl (C=O) groups is 1. The van der Waals surface area contributed by atoms with Crippen molar-refractivity contribution in [2.75, 3.05) is 31.1 Å². The van der Waals surface area contributed by atoms with E-state index < -0.39 is 5.82 Å². The molecule has 0 bridgehead atoms. The van der Waals surface area contributed by atoms with Crippen molar-refractivity contribution < 1.29 is 9.18 Å². The Bertz CT molecular complexity index is 1660. The van der Waals surface area contributed by atoms with Crippen molar-refractivity contribution in [1.82, 2.24) is 25.2 Å². The van der Waals surface area contributed by atoms with Crippen LogP contribution in [0.2, 0.25) is 5.02 Å². The van der Waals surface area contributed by atoms with Crippen molar-refractivity contribution in [2.24, 2.45) is 10.7 Å². The maximum atomic E-state index is 13.7. The predicted octanol–water partition coefficient (Wildman–Crippen LogP) is 2.53.